The molecule has 100 valence electrons. The molecule has 0 amide bonds. The maximum absolute atomic E-state index is 8.94. The van der Waals surface area contributed by atoms with Gasteiger partial charge in [0.1, 0.15) is 6.61 Å². The van der Waals surface area contributed by atoms with Gasteiger partial charge in [0.2, 0.25) is 0 Å². The van der Waals surface area contributed by atoms with Crippen LogP contribution in [-0.4, -0.2) is 6.21 Å². The van der Waals surface area contributed by atoms with Crippen molar-refractivity contribution in [3.8, 4) is 6.07 Å². The van der Waals surface area contributed by atoms with E-state index in [1.807, 2.05) is 12.1 Å². The fourth-order valence-corrected chi connectivity index (χ4v) is 1.86. The quantitative estimate of drug-likeness (QED) is 0.620. The van der Waals surface area contributed by atoms with Gasteiger partial charge in [-0.1, -0.05) is 52.6 Å². The molecule has 5 heteroatoms. The van der Waals surface area contributed by atoms with Gasteiger partial charge in [-0.05, 0) is 23.8 Å². The van der Waals surface area contributed by atoms with E-state index in [9.17, 15) is 0 Å². The van der Waals surface area contributed by atoms with Gasteiger partial charge in [0.15, 0.2) is 0 Å². The monoisotopic (exact) mass is 304 g/mol. The van der Waals surface area contributed by atoms with Crippen LogP contribution >= 0.6 is 23.2 Å². The van der Waals surface area contributed by atoms with Crippen molar-refractivity contribution >= 4 is 29.4 Å². The lowest BCUT2D eigenvalue weighted by Crippen LogP contribution is -1.92. The lowest BCUT2D eigenvalue weighted by molar-refractivity contribution is 0.132. The van der Waals surface area contributed by atoms with Crippen molar-refractivity contribution in [2.24, 2.45) is 5.16 Å². The van der Waals surface area contributed by atoms with Crippen molar-refractivity contribution in [3.05, 3.63) is 69.2 Å². The SMILES string of the molecule is N#Cc1ccccc1CO/N=C/c1ccc(Cl)c(Cl)c1. The molecule has 0 aliphatic carbocycles. The first-order valence-electron chi connectivity index (χ1n) is 5.79. The van der Waals surface area contributed by atoms with Crippen LogP contribution in [0.2, 0.25) is 10.0 Å². The topological polar surface area (TPSA) is 45.4 Å². The normalized spacial score (nSPS) is 10.4. The zero-order valence-electron chi connectivity index (χ0n) is 10.4. The van der Waals surface area contributed by atoms with Crippen LogP contribution in [0.4, 0.5) is 0 Å². The van der Waals surface area contributed by atoms with Gasteiger partial charge >= 0.3 is 0 Å². The van der Waals surface area contributed by atoms with Crippen molar-refractivity contribution in [2.45, 2.75) is 6.61 Å². The molecule has 0 aliphatic rings. The maximum atomic E-state index is 8.94. The van der Waals surface area contributed by atoms with Crippen molar-refractivity contribution in [1.82, 2.24) is 0 Å². The van der Waals surface area contributed by atoms with Gasteiger partial charge in [-0.2, -0.15) is 5.26 Å². The highest BCUT2D eigenvalue weighted by Gasteiger charge is 2.00. The first-order chi connectivity index (χ1) is 9.70. The molecule has 0 N–H and O–H groups in total. The van der Waals surface area contributed by atoms with E-state index in [0.29, 0.717) is 15.6 Å². The Morgan fingerprint density at radius 3 is 2.70 bits per heavy atom. The van der Waals surface area contributed by atoms with E-state index in [1.165, 1.54) is 6.21 Å². The zero-order chi connectivity index (χ0) is 14.4. The minimum absolute atomic E-state index is 0.238. The van der Waals surface area contributed by atoms with Crippen LogP contribution in [-0.2, 0) is 11.4 Å². The number of nitriles is 1. The summed E-state index contributed by atoms with van der Waals surface area (Å²) in [5.41, 5.74) is 2.16. The Morgan fingerprint density at radius 2 is 1.95 bits per heavy atom. The van der Waals surface area contributed by atoms with Crippen LogP contribution in [0.25, 0.3) is 0 Å². The largest absolute Gasteiger partial charge is 0.391 e. The standard InChI is InChI=1S/C15H10Cl2N2O/c16-14-6-5-11(7-15(14)17)9-19-20-10-13-4-2-1-3-12(13)8-18/h1-7,9H,10H2/b19-9+. The first kappa shape index (κ1) is 14.4. The Hall–Kier alpha value is -2.02. The molecule has 2 rings (SSSR count). The van der Waals surface area contributed by atoms with Crippen LogP contribution in [0.5, 0.6) is 0 Å². The Morgan fingerprint density at radius 1 is 1.15 bits per heavy atom. The molecule has 0 saturated heterocycles. The van der Waals surface area contributed by atoms with Crippen molar-refractivity contribution < 1.29 is 4.84 Å². The van der Waals surface area contributed by atoms with Gasteiger partial charge in [0, 0.05) is 5.56 Å². The molecule has 0 bridgehead atoms. The van der Waals surface area contributed by atoms with Gasteiger partial charge in [-0.3, -0.25) is 0 Å². The second kappa shape index (κ2) is 6.95. The third-order valence-electron chi connectivity index (χ3n) is 2.58. The number of rotatable bonds is 4. The predicted octanol–water partition coefficient (Wildman–Crippen LogP) is 4.42. The molecule has 0 fully saturated rings. The summed E-state index contributed by atoms with van der Waals surface area (Å²) in [6.07, 6.45) is 1.54. The van der Waals surface area contributed by atoms with Gasteiger partial charge < -0.3 is 4.84 Å². The molecule has 2 aromatic carbocycles. The number of hydrogen-bond donors (Lipinski definition) is 0. The van der Waals surface area contributed by atoms with Crippen LogP contribution in [0, 0.1) is 11.3 Å². The Kier molecular flexibility index (Phi) is 5.00. The highest BCUT2D eigenvalue weighted by atomic mass is 35.5. The second-order valence-electron chi connectivity index (χ2n) is 3.95. The average Bonchev–Trinajstić information content (AvgIpc) is 2.47. The van der Waals surface area contributed by atoms with Crippen molar-refractivity contribution in [1.29, 1.82) is 5.26 Å². The fourth-order valence-electron chi connectivity index (χ4n) is 1.55. The van der Waals surface area contributed by atoms with Gasteiger partial charge in [0.25, 0.3) is 0 Å². The summed E-state index contributed by atoms with van der Waals surface area (Å²) in [6.45, 7) is 0.238. The summed E-state index contributed by atoms with van der Waals surface area (Å²) in [4.78, 5) is 5.18. The third-order valence-corrected chi connectivity index (χ3v) is 3.32. The number of nitrogens with zero attached hydrogens (tertiary/aromatic N) is 2. The van der Waals surface area contributed by atoms with Crippen LogP contribution in [0.3, 0.4) is 0 Å². The van der Waals surface area contributed by atoms with Crippen LogP contribution in [0.1, 0.15) is 16.7 Å². The van der Waals surface area contributed by atoms with Gasteiger partial charge in [0.05, 0.1) is 27.9 Å². The average molecular weight is 305 g/mol. The Bertz CT molecular complexity index is 678. The van der Waals surface area contributed by atoms with E-state index < -0.39 is 0 Å². The van der Waals surface area contributed by atoms with E-state index in [0.717, 1.165) is 11.1 Å². The fraction of sp³-hybridized carbons (Fsp3) is 0.0667. The van der Waals surface area contributed by atoms with E-state index >= 15 is 0 Å². The molecule has 3 nitrogen and oxygen atoms in total. The molecule has 0 atom stereocenters. The van der Waals surface area contributed by atoms with E-state index in [1.54, 1.807) is 30.3 Å². The molecule has 0 aromatic heterocycles. The third kappa shape index (κ3) is 3.74. The van der Waals surface area contributed by atoms with Crippen LogP contribution < -0.4 is 0 Å². The molecule has 0 heterocycles. The summed E-state index contributed by atoms with van der Waals surface area (Å²) in [6, 6.07) is 14.5. The lowest BCUT2D eigenvalue weighted by Gasteiger charge is -2.02. The first-order valence-corrected chi connectivity index (χ1v) is 6.54. The minimum atomic E-state index is 0.238. The lowest BCUT2D eigenvalue weighted by atomic mass is 10.1. The minimum Gasteiger partial charge on any atom is -0.391 e. The Labute approximate surface area is 127 Å². The van der Waals surface area contributed by atoms with E-state index in [4.69, 9.17) is 33.3 Å². The van der Waals surface area contributed by atoms with Crippen molar-refractivity contribution in [3.63, 3.8) is 0 Å². The Balaban J connectivity index is 1.97. The van der Waals surface area contributed by atoms with Crippen molar-refractivity contribution in [2.75, 3.05) is 0 Å². The molecule has 0 spiro atoms. The molecule has 0 unspecified atom stereocenters. The number of halogens is 2. The predicted molar refractivity (Wildman–Crippen MR) is 80.0 cm³/mol. The smallest absolute Gasteiger partial charge is 0.143 e. The summed E-state index contributed by atoms with van der Waals surface area (Å²) >= 11 is 11.7. The number of benzene rings is 2. The molecular formula is C15H10Cl2N2O. The second-order valence-corrected chi connectivity index (χ2v) is 4.76. The molecule has 2 aromatic rings. The summed E-state index contributed by atoms with van der Waals surface area (Å²) in [5.74, 6) is 0. The van der Waals surface area contributed by atoms with Gasteiger partial charge in [-0.15, -0.1) is 0 Å². The number of hydrogen-bond acceptors (Lipinski definition) is 3. The highest BCUT2D eigenvalue weighted by molar-refractivity contribution is 6.42. The summed E-state index contributed by atoms with van der Waals surface area (Å²) in [5, 5.41) is 13.7. The zero-order valence-corrected chi connectivity index (χ0v) is 11.9. The highest BCUT2D eigenvalue weighted by Crippen LogP contribution is 2.21. The summed E-state index contributed by atoms with van der Waals surface area (Å²) in [7, 11) is 0. The van der Waals surface area contributed by atoms with Gasteiger partial charge in [-0.25, -0.2) is 0 Å². The molecule has 0 aliphatic heterocycles. The van der Waals surface area contributed by atoms with Crippen LogP contribution in [0.15, 0.2) is 47.6 Å². The van der Waals surface area contributed by atoms with E-state index in [2.05, 4.69) is 11.2 Å². The van der Waals surface area contributed by atoms with E-state index in [-0.39, 0.29) is 6.61 Å². The molecule has 0 radical (unpaired) electrons. The number of oxime groups is 1. The molecule has 0 saturated carbocycles. The molecular weight excluding hydrogens is 295 g/mol. The maximum Gasteiger partial charge on any atom is 0.143 e. The molecule has 20 heavy (non-hydrogen) atoms. The summed E-state index contributed by atoms with van der Waals surface area (Å²) < 4.78 is 0.